The molecule has 1 aliphatic rings. The van der Waals surface area contributed by atoms with Gasteiger partial charge >= 0.3 is 12.1 Å². The molecule has 19 heavy (non-hydrogen) atoms. The summed E-state index contributed by atoms with van der Waals surface area (Å²) in [7, 11) is 2.88. The molecule has 6 heteroatoms. The number of carbonyl (C=O) groups excluding carboxylic acids is 2. The monoisotopic (exact) mass is 273 g/mol. The zero-order valence-corrected chi connectivity index (χ0v) is 12.3. The van der Waals surface area contributed by atoms with Crippen molar-refractivity contribution < 1.29 is 23.8 Å². The normalized spacial score (nSPS) is 23.9. The first-order valence-corrected chi connectivity index (χ1v) is 6.37. The maximum atomic E-state index is 12.0. The van der Waals surface area contributed by atoms with E-state index in [1.807, 2.05) is 20.8 Å². The van der Waals surface area contributed by atoms with Crippen LogP contribution in [0, 0.1) is 5.92 Å². The van der Waals surface area contributed by atoms with Gasteiger partial charge < -0.3 is 19.1 Å². The maximum absolute atomic E-state index is 12.0. The highest BCUT2D eigenvalue weighted by Crippen LogP contribution is 2.23. The van der Waals surface area contributed by atoms with E-state index >= 15 is 0 Å². The molecule has 0 radical (unpaired) electrons. The summed E-state index contributed by atoms with van der Waals surface area (Å²) in [4.78, 5) is 25.1. The molecule has 1 rings (SSSR count). The van der Waals surface area contributed by atoms with E-state index in [1.54, 1.807) is 4.90 Å². The van der Waals surface area contributed by atoms with Gasteiger partial charge in [0.2, 0.25) is 0 Å². The Morgan fingerprint density at radius 2 is 1.84 bits per heavy atom. The van der Waals surface area contributed by atoms with E-state index in [2.05, 4.69) is 0 Å². The van der Waals surface area contributed by atoms with Crippen molar-refractivity contribution in [3.63, 3.8) is 0 Å². The Bertz CT molecular complexity index is 336. The number of methoxy groups -OCH3 is 2. The molecule has 1 amide bonds. The van der Waals surface area contributed by atoms with Gasteiger partial charge in [0.1, 0.15) is 5.60 Å². The van der Waals surface area contributed by atoms with Gasteiger partial charge in [-0.3, -0.25) is 4.79 Å². The molecule has 2 unspecified atom stereocenters. The summed E-state index contributed by atoms with van der Waals surface area (Å²) in [6.45, 7) is 6.26. The van der Waals surface area contributed by atoms with Gasteiger partial charge in [0.25, 0.3) is 0 Å². The zero-order valence-electron chi connectivity index (χ0n) is 12.3. The van der Waals surface area contributed by atoms with Crippen LogP contribution >= 0.6 is 0 Å². The summed E-state index contributed by atoms with van der Waals surface area (Å²) in [6, 6.07) is 0. The van der Waals surface area contributed by atoms with E-state index in [4.69, 9.17) is 14.2 Å². The Morgan fingerprint density at radius 3 is 2.32 bits per heavy atom. The number of ether oxygens (including phenoxy) is 3. The number of rotatable bonds is 2. The van der Waals surface area contributed by atoms with Gasteiger partial charge in [0.05, 0.1) is 25.7 Å². The molecule has 0 saturated carbocycles. The zero-order chi connectivity index (χ0) is 14.6. The molecule has 1 fully saturated rings. The van der Waals surface area contributed by atoms with Crippen LogP contribution < -0.4 is 0 Å². The quantitative estimate of drug-likeness (QED) is 0.712. The molecule has 0 aromatic heterocycles. The number of likely N-dealkylation sites (tertiary alicyclic amines) is 1. The number of hydrogen-bond acceptors (Lipinski definition) is 5. The van der Waals surface area contributed by atoms with Gasteiger partial charge in [0.15, 0.2) is 0 Å². The first-order valence-electron chi connectivity index (χ1n) is 6.37. The van der Waals surface area contributed by atoms with Crippen molar-refractivity contribution in [3.8, 4) is 0 Å². The third-order valence-electron chi connectivity index (χ3n) is 3.02. The van der Waals surface area contributed by atoms with E-state index in [1.165, 1.54) is 14.2 Å². The molecule has 1 heterocycles. The SMILES string of the molecule is COC(=O)C1CCN(C(=O)OC(C)(C)C)CC1OC. The van der Waals surface area contributed by atoms with Crippen molar-refractivity contribution >= 4 is 12.1 Å². The van der Waals surface area contributed by atoms with Gasteiger partial charge in [-0.25, -0.2) is 4.79 Å². The fourth-order valence-electron chi connectivity index (χ4n) is 2.07. The number of nitrogens with zero attached hydrogens (tertiary/aromatic N) is 1. The second kappa shape index (κ2) is 6.23. The van der Waals surface area contributed by atoms with Crippen LogP contribution in [0.25, 0.3) is 0 Å². The Morgan fingerprint density at radius 1 is 1.21 bits per heavy atom. The summed E-state index contributed by atoms with van der Waals surface area (Å²) >= 11 is 0. The van der Waals surface area contributed by atoms with Crippen molar-refractivity contribution in [2.45, 2.75) is 38.9 Å². The highest BCUT2D eigenvalue weighted by Gasteiger charge is 2.37. The van der Waals surface area contributed by atoms with Gasteiger partial charge in [-0.15, -0.1) is 0 Å². The molecule has 1 saturated heterocycles. The minimum atomic E-state index is -0.529. The highest BCUT2D eigenvalue weighted by molar-refractivity contribution is 5.74. The molecular formula is C13H23NO5. The van der Waals surface area contributed by atoms with Crippen molar-refractivity contribution in [2.75, 3.05) is 27.3 Å². The largest absolute Gasteiger partial charge is 0.469 e. The molecular weight excluding hydrogens is 250 g/mol. The van der Waals surface area contributed by atoms with Crippen molar-refractivity contribution in [3.05, 3.63) is 0 Å². The molecule has 110 valence electrons. The molecule has 6 nitrogen and oxygen atoms in total. The minimum absolute atomic E-state index is 0.296. The molecule has 2 atom stereocenters. The molecule has 0 N–H and O–H groups in total. The molecule has 0 aromatic rings. The average Bonchev–Trinajstić information content (AvgIpc) is 2.35. The average molecular weight is 273 g/mol. The minimum Gasteiger partial charge on any atom is -0.469 e. The van der Waals surface area contributed by atoms with E-state index in [0.717, 1.165) is 0 Å². The summed E-state index contributed by atoms with van der Waals surface area (Å²) in [5.41, 5.74) is -0.529. The third-order valence-corrected chi connectivity index (χ3v) is 3.02. The highest BCUT2D eigenvalue weighted by atomic mass is 16.6. The van der Waals surface area contributed by atoms with Gasteiger partial charge in [-0.05, 0) is 27.2 Å². The third kappa shape index (κ3) is 4.38. The lowest BCUT2D eigenvalue weighted by atomic mass is 9.94. The van der Waals surface area contributed by atoms with Crippen LogP contribution in [-0.2, 0) is 19.0 Å². The molecule has 0 aromatic carbocycles. The van der Waals surface area contributed by atoms with Crippen molar-refractivity contribution in [2.24, 2.45) is 5.92 Å². The maximum Gasteiger partial charge on any atom is 0.410 e. The second-order valence-electron chi connectivity index (χ2n) is 5.62. The molecule has 0 bridgehead atoms. The van der Waals surface area contributed by atoms with Crippen LogP contribution in [-0.4, -0.2) is 56.0 Å². The van der Waals surface area contributed by atoms with Crippen LogP contribution in [0.1, 0.15) is 27.2 Å². The predicted molar refractivity (Wildman–Crippen MR) is 68.7 cm³/mol. The Balaban J connectivity index is 2.64. The summed E-state index contributed by atoms with van der Waals surface area (Å²) in [5.74, 6) is -0.621. The number of carbonyl (C=O) groups is 2. The van der Waals surface area contributed by atoms with Gasteiger partial charge in [0, 0.05) is 13.7 Å². The van der Waals surface area contributed by atoms with E-state index in [0.29, 0.717) is 19.5 Å². The number of hydrogen-bond donors (Lipinski definition) is 0. The van der Waals surface area contributed by atoms with Crippen LogP contribution in [0.15, 0.2) is 0 Å². The molecule has 1 aliphatic heterocycles. The number of piperidine rings is 1. The fourth-order valence-corrected chi connectivity index (χ4v) is 2.07. The lowest BCUT2D eigenvalue weighted by Crippen LogP contribution is -2.51. The Labute approximate surface area is 114 Å². The molecule has 0 spiro atoms. The Kier molecular flexibility index (Phi) is 5.17. The van der Waals surface area contributed by atoms with Crippen LogP contribution in [0.4, 0.5) is 4.79 Å². The van der Waals surface area contributed by atoms with Crippen molar-refractivity contribution in [1.82, 2.24) is 4.90 Å². The van der Waals surface area contributed by atoms with Gasteiger partial charge in [-0.1, -0.05) is 0 Å². The first kappa shape index (κ1) is 15.8. The lowest BCUT2D eigenvalue weighted by Gasteiger charge is -2.36. The fraction of sp³-hybridized carbons (Fsp3) is 0.846. The Hall–Kier alpha value is -1.30. The first-order chi connectivity index (χ1) is 8.78. The number of amides is 1. The standard InChI is InChI=1S/C13H23NO5/c1-13(2,3)19-12(16)14-7-6-9(11(15)18-5)10(8-14)17-4/h9-10H,6-8H2,1-5H3. The predicted octanol–water partition coefficient (Wildman–Crippen LogP) is 1.43. The van der Waals surface area contributed by atoms with E-state index < -0.39 is 5.60 Å². The van der Waals surface area contributed by atoms with Crippen molar-refractivity contribution in [1.29, 1.82) is 0 Å². The van der Waals surface area contributed by atoms with E-state index in [-0.39, 0.29) is 24.1 Å². The topological polar surface area (TPSA) is 65.1 Å². The van der Waals surface area contributed by atoms with Crippen LogP contribution in [0.2, 0.25) is 0 Å². The van der Waals surface area contributed by atoms with Crippen LogP contribution in [0.3, 0.4) is 0 Å². The summed E-state index contributed by atoms with van der Waals surface area (Å²) in [5, 5.41) is 0. The van der Waals surface area contributed by atoms with Gasteiger partial charge in [-0.2, -0.15) is 0 Å². The second-order valence-corrected chi connectivity index (χ2v) is 5.62. The van der Waals surface area contributed by atoms with Crippen LogP contribution in [0.5, 0.6) is 0 Å². The summed E-state index contributed by atoms with van der Waals surface area (Å²) < 4.78 is 15.3. The summed E-state index contributed by atoms with van der Waals surface area (Å²) in [6.07, 6.45) is -0.212. The lowest BCUT2D eigenvalue weighted by molar-refractivity contribution is -0.153. The smallest absolute Gasteiger partial charge is 0.410 e. The number of esters is 1. The van der Waals surface area contributed by atoms with E-state index in [9.17, 15) is 9.59 Å². The molecule has 0 aliphatic carbocycles.